The van der Waals surface area contributed by atoms with Crippen molar-refractivity contribution < 1.29 is 9.18 Å². The van der Waals surface area contributed by atoms with Crippen LogP contribution in [0.25, 0.3) is 6.08 Å². The first-order valence-corrected chi connectivity index (χ1v) is 6.00. The van der Waals surface area contributed by atoms with E-state index < -0.39 is 0 Å². The Morgan fingerprint density at radius 1 is 1.33 bits per heavy atom. The second-order valence-electron chi connectivity index (χ2n) is 3.50. The van der Waals surface area contributed by atoms with Crippen molar-refractivity contribution in [1.82, 2.24) is 10.2 Å². The van der Waals surface area contributed by atoms with Crippen LogP contribution in [0.2, 0.25) is 0 Å². The van der Waals surface area contributed by atoms with E-state index in [1.54, 1.807) is 18.2 Å². The predicted molar refractivity (Wildman–Crippen MR) is 68.7 cm³/mol. The van der Waals surface area contributed by atoms with E-state index in [0.29, 0.717) is 5.13 Å². The van der Waals surface area contributed by atoms with Crippen molar-refractivity contribution in [3.8, 4) is 0 Å². The third-order valence-electron chi connectivity index (χ3n) is 2.05. The third-order valence-corrected chi connectivity index (χ3v) is 2.81. The zero-order chi connectivity index (χ0) is 13.0. The summed E-state index contributed by atoms with van der Waals surface area (Å²) in [5.41, 5.74) is 0.750. The molecule has 0 aliphatic rings. The number of hydrogen-bond donors (Lipinski definition) is 1. The smallest absolute Gasteiger partial charge is 0.250 e. The normalized spacial score (nSPS) is 10.8. The van der Waals surface area contributed by atoms with Gasteiger partial charge in [0.15, 0.2) is 0 Å². The van der Waals surface area contributed by atoms with E-state index in [1.807, 2.05) is 6.92 Å². The molecule has 1 N–H and O–H groups in total. The molecule has 1 heterocycles. The number of halogens is 1. The first-order valence-electron chi connectivity index (χ1n) is 5.18. The maximum Gasteiger partial charge on any atom is 0.250 e. The zero-order valence-electron chi connectivity index (χ0n) is 9.55. The minimum absolute atomic E-state index is 0.296. The van der Waals surface area contributed by atoms with Gasteiger partial charge in [0.1, 0.15) is 10.8 Å². The van der Waals surface area contributed by atoms with Gasteiger partial charge in [-0.15, -0.1) is 10.2 Å². The quantitative estimate of drug-likeness (QED) is 0.866. The van der Waals surface area contributed by atoms with Gasteiger partial charge >= 0.3 is 0 Å². The molecule has 0 fully saturated rings. The lowest BCUT2D eigenvalue weighted by molar-refractivity contribution is -0.111. The fourth-order valence-corrected chi connectivity index (χ4v) is 1.83. The van der Waals surface area contributed by atoms with Gasteiger partial charge in [-0.3, -0.25) is 10.1 Å². The highest BCUT2D eigenvalue weighted by Gasteiger charge is 2.02. The number of benzene rings is 1. The molecule has 0 saturated heterocycles. The highest BCUT2D eigenvalue weighted by molar-refractivity contribution is 7.15. The summed E-state index contributed by atoms with van der Waals surface area (Å²) in [7, 11) is 0. The SMILES string of the molecule is Cc1nnc(NC(=O)/C=C\c2ccc(F)cc2)s1. The first kappa shape index (κ1) is 12.4. The molecule has 1 aromatic heterocycles. The van der Waals surface area contributed by atoms with Crippen LogP contribution in [0, 0.1) is 12.7 Å². The number of nitrogens with zero attached hydrogens (tertiary/aromatic N) is 2. The van der Waals surface area contributed by atoms with Crippen molar-refractivity contribution in [2.24, 2.45) is 0 Å². The molecule has 0 radical (unpaired) electrons. The number of amides is 1. The molecule has 1 amide bonds. The Morgan fingerprint density at radius 2 is 2.06 bits per heavy atom. The molecule has 2 aromatic rings. The lowest BCUT2D eigenvalue weighted by atomic mass is 10.2. The maximum atomic E-state index is 12.7. The number of rotatable bonds is 3. The molecule has 92 valence electrons. The van der Waals surface area contributed by atoms with Crippen LogP contribution in [0.15, 0.2) is 30.3 Å². The molecule has 1 aromatic carbocycles. The van der Waals surface area contributed by atoms with Crippen molar-refractivity contribution >= 4 is 28.5 Å². The summed E-state index contributed by atoms with van der Waals surface area (Å²) < 4.78 is 12.7. The van der Waals surface area contributed by atoms with Gasteiger partial charge < -0.3 is 0 Å². The van der Waals surface area contributed by atoms with Gasteiger partial charge in [-0.25, -0.2) is 4.39 Å². The Hall–Kier alpha value is -2.08. The lowest BCUT2D eigenvalue weighted by Gasteiger charge is -1.95. The average molecular weight is 263 g/mol. The lowest BCUT2D eigenvalue weighted by Crippen LogP contribution is -2.07. The van der Waals surface area contributed by atoms with E-state index in [-0.39, 0.29) is 11.7 Å². The molecule has 0 bridgehead atoms. The third kappa shape index (κ3) is 3.46. The molecule has 6 heteroatoms. The summed E-state index contributed by atoms with van der Waals surface area (Å²) in [4.78, 5) is 11.5. The molecule has 0 saturated carbocycles. The van der Waals surface area contributed by atoms with Gasteiger partial charge in [0.2, 0.25) is 11.0 Å². The number of carbonyl (C=O) groups is 1. The number of anilines is 1. The van der Waals surface area contributed by atoms with Crippen molar-refractivity contribution in [3.05, 3.63) is 46.7 Å². The van der Waals surface area contributed by atoms with Crippen LogP contribution in [0.3, 0.4) is 0 Å². The Balaban J connectivity index is 1.96. The van der Waals surface area contributed by atoms with Gasteiger partial charge in [0, 0.05) is 6.08 Å². The summed E-state index contributed by atoms with van der Waals surface area (Å²) in [5.74, 6) is -0.601. The Bertz CT molecular complexity index is 577. The molecule has 0 aliphatic heterocycles. The number of hydrogen-bond acceptors (Lipinski definition) is 4. The summed E-state index contributed by atoms with van der Waals surface area (Å²) in [6.45, 7) is 1.81. The summed E-state index contributed by atoms with van der Waals surface area (Å²) >= 11 is 1.30. The standard InChI is InChI=1S/C12H10FN3OS/c1-8-15-16-12(18-8)14-11(17)7-4-9-2-5-10(13)6-3-9/h2-7H,1H3,(H,14,16,17)/b7-4-. The van der Waals surface area contributed by atoms with E-state index in [9.17, 15) is 9.18 Å². The van der Waals surface area contributed by atoms with Crippen LogP contribution in [-0.4, -0.2) is 16.1 Å². The molecule has 0 aliphatic carbocycles. The second kappa shape index (κ2) is 5.50. The molecule has 0 unspecified atom stereocenters. The minimum atomic E-state index is -0.305. The van der Waals surface area contributed by atoms with E-state index >= 15 is 0 Å². The number of aromatic nitrogens is 2. The Labute approximate surface area is 107 Å². The van der Waals surface area contributed by atoms with Crippen molar-refractivity contribution in [2.75, 3.05) is 5.32 Å². The summed E-state index contributed by atoms with van der Waals surface area (Å²) in [5, 5.41) is 11.4. The molecular weight excluding hydrogens is 253 g/mol. The number of aryl methyl sites for hydroxylation is 1. The maximum absolute atomic E-state index is 12.7. The zero-order valence-corrected chi connectivity index (χ0v) is 10.4. The molecule has 4 nitrogen and oxygen atoms in total. The van der Waals surface area contributed by atoms with Gasteiger partial charge in [-0.05, 0) is 30.7 Å². The highest BCUT2D eigenvalue weighted by Crippen LogP contribution is 2.13. The van der Waals surface area contributed by atoms with E-state index in [1.165, 1.54) is 29.5 Å². The van der Waals surface area contributed by atoms with Crippen LogP contribution in [0.1, 0.15) is 10.6 Å². The van der Waals surface area contributed by atoms with Gasteiger partial charge in [-0.2, -0.15) is 0 Å². The molecular formula is C12H10FN3OS. The van der Waals surface area contributed by atoms with Crippen LogP contribution in [0.5, 0.6) is 0 Å². The number of carbonyl (C=O) groups excluding carboxylic acids is 1. The van der Waals surface area contributed by atoms with Gasteiger partial charge in [-0.1, -0.05) is 23.5 Å². The van der Waals surface area contributed by atoms with E-state index in [2.05, 4.69) is 15.5 Å². The largest absolute Gasteiger partial charge is 0.297 e. The minimum Gasteiger partial charge on any atom is -0.297 e. The van der Waals surface area contributed by atoms with Gasteiger partial charge in [0.25, 0.3) is 0 Å². The average Bonchev–Trinajstić information content (AvgIpc) is 2.74. The topological polar surface area (TPSA) is 54.9 Å². The Morgan fingerprint density at radius 3 is 2.67 bits per heavy atom. The fourth-order valence-electron chi connectivity index (χ4n) is 1.24. The highest BCUT2D eigenvalue weighted by atomic mass is 32.1. The van der Waals surface area contributed by atoms with Crippen LogP contribution >= 0.6 is 11.3 Å². The molecule has 0 spiro atoms. The van der Waals surface area contributed by atoms with Crippen LogP contribution < -0.4 is 5.32 Å². The summed E-state index contributed by atoms with van der Waals surface area (Å²) in [6.07, 6.45) is 2.96. The van der Waals surface area contributed by atoms with E-state index in [4.69, 9.17) is 0 Å². The van der Waals surface area contributed by atoms with Gasteiger partial charge in [0.05, 0.1) is 0 Å². The Kier molecular flexibility index (Phi) is 3.78. The second-order valence-corrected chi connectivity index (χ2v) is 4.68. The first-order chi connectivity index (χ1) is 8.63. The molecule has 2 rings (SSSR count). The van der Waals surface area contributed by atoms with Crippen molar-refractivity contribution in [2.45, 2.75) is 6.92 Å². The van der Waals surface area contributed by atoms with Crippen molar-refractivity contribution in [3.63, 3.8) is 0 Å². The molecule has 0 atom stereocenters. The van der Waals surface area contributed by atoms with Crippen LogP contribution in [0.4, 0.5) is 9.52 Å². The monoisotopic (exact) mass is 263 g/mol. The molecule has 18 heavy (non-hydrogen) atoms. The van der Waals surface area contributed by atoms with Crippen molar-refractivity contribution in [1.29, 1.82) is 0 Å². The fraction of sp³-hybridized carbons (Fsp3) is 0.0833. The number of nitrogens with one attached hydrogen (secondary N) is 1. The summed E-state index contributed by atoms with van der Waals surface area (Å²) in [6, 6.07) is 5.86. The predicted octanol–water partition coefficient (Wildman–Crippen LogP) is 2.64. The van der Waals surface area contributed by atoms with E-state index in [0.717, 1.165) is 10.6 Å². The van der Waals surface area contributed by atoms with Crippen LogP contribution in [-0.2, 0) is 4.79 Å².